The molecule has 2 N–H and O–H groups in total. The first-order valence-electron chi connectivity index (χ1n) is 6.19. The fourth-order valence-electron chi connectivity index (χ4n) is 2.42. The van der Waals surface area contributed by atoms with Crippen LogP contribution in [0.3, 0.4) is 0 Å². The second-order valence-corrected chi connectivity index (χ2v) is 5.52. The van der Waals surface area contributed by atoms with Gasteiger partial charge in [0.25, 0.3) is 0 Å². The molecule has 2 atom stereocenters. The fourth-order valence-corrected chi connectivity index (χ4v) is 2.86. The van der Waals surface area contributed by atoms with Crippen molar-refractivity contribution in [2.45, 2.75) is 32.1 Å². The summed E-state index contributed by atoms with van der Waals surface area (Å²) in [7, 11) is 0. The monoisotopic (exact) mass is 231 g/mol. The predicted octanol–water partition coefficient (Wildman–Crippen LogP) is 2.13. The molecular weight excluding hydrogens is 206 g/mol. The Morgan fingerprint density at radius 3 is 2.67 bits per heavy atom. The van der Waals surface area contributed by atoms with Crippen LogP contribution in [0.5, 0.6) is 0 Å². The van der Waals surface area contributed by atoms with Crippen molar-refractivity contribution in [2.75, 3.05) is 31.7 Å². The molecule has 0 aliphatic heterocycles. The zero-order valence-electron chi connectivity index (χ0n) is 9.87. The van der Waals surface area contributed by atoms with Crippen LogP contribution in [0, 0.1) is 11.8 Å². The molecule has 1 saturated carbocycles. The summed E-state index contributed by atoms with van der Waals surface area (Å²) in [4.78, 5) is 0. The van der Waals surface area contributed by atoms with E-state index in [1.165, 1.54) is 37.9 Å². The maximum Gasteiger partial charge on any atom is 0.0462 e. The molecule has 0 amide bonds. The lowest BCUT2D eigenvalue weighted by Gasteiger charge is -2.30. The minimum atomic E-state index is 0.386. The molecular formula is C12H25NOS. The zero-order valence-corrected chi connectivity index (χ0v) is 10.7. The van der Waals surface area contributed by atoms with Crippen molar-refractivity contribution < 1.29 is 5.11 Å². The quantitative estimate of drug-likeness (QED) is 0.658. The normalized spacial score (nSPS) is 26.8. The first kappa shape index (κ1) is 13.3. The standard InChI is InChI=1S/C12H25NOS/c1-15-8-4-7-13-9-11-5-2-3-6-12(11)10-14/h11-14H,2-10H2,1H3. The largest absolute Gasteiger partial charge is 0.396 e. The minimum Gasteiger partial charge on any atom is -0.396 e. The van der Waals surface area contributed by atoms with Crippen molar-refractivity contribution >= 4 is 11.8 Å². The molecule has 0 aromatic heterocycles. The van der Waals surface area contributed by atoms with Crippen LogP contribution >= 0.6 is 11.8 Å². The Balaban J connectivity index is 2.07. The van der Waals surface area contributed by atoms with Crippen molar-refractivity contribution in [1.82, 2.24) is 5.32 Å². The highest BCUT2D eigenvalue weighted by molar-refractivity contribution is 7.98. The number of hydrogen-bond acceptors (Lipinski definition) is 3. The Hall–Kier alpha value is 0.270. The first-order valence-corrected chi connectivity index (χ1v) is 7.58. The van der Waals surface area contributed by atoms with Gasteiger partial charge in [0.1, 0.15) is 0 Å². The van der Waals surface area contributed by atoms with Crippen molar-refractivity contribution in [3.63, 3.8) is 0 Å². The molecule has 0 aromatic carbocycles. The maximum atomic E-state index is 9.27. The van der Waals surface area contributed by atoms with Gasteiger partial charge in [-0.15, -0.1) is 0 Å². The van der Waals surface area contributed by atoms with E-state index < -0.39 is 0 Å². The molecule has 0 bridgehead atoms. The predicted molar refractivity (Wildman–Crippen MR) is 68.4 cm³/mol. The summed E-state index contributed by atoms with van der Waals surface area (Å²) in [6, 6.07) is 0. The average molecular weight is 231 g/mol. The van der Waals surface area contributed by atoms with Gasteiger partial charge < -0.3 is 10.4 Å². The zero-order chi connectivity index (χ0) is 10.9. The summed E-state index contributed by atoms with van der Waals surface area (Å²) in [5, 5.41) is 12.8. The molecule has 1 rings (SSSR count). The lowest BCUT2D eigenvalue weighted by molar-refractivity contribution is 0.133. The van der Waals surface area contributed by atoms with E-state index in [-0.39, 0.29) is 0 Å². The molecule has 90 valence electrons. The lowest BCUT2D eigenvalue weighted by Crippen LogP contribution is -2.32. The summed E-state index contributed by atoms with van der Waals surface area (Å²) >= 11 is 1.91. The third-order valence-corrected chi connectivity index (χ3v) is 4.11. The van der Waals surface area contributed by atoms with Crippen LogP contribution in [0.15, 0.2) is 0 Å². The van der Waals surface area contributed by atoms with Crippen LogP contribution < -0.4 is 5.32 Å². The topological polar surface area (TPSA) is 32.3 Å². The Bertz CT molecular complexity index is 155. The Labute approximate surface area is 98.2 Å². The highest BCUT2D eigenvalue weighted by atomic mass is 32.2. The average Bonchev–Trinajstić information content (AvgIpc) is 2.29. The number of thioether (sulfide) groups is 1. The van der Waals surface area contributed by atoms with Gasteiger partial charge >= 0.3 is 0 Å². The molecule has 2 nitrogen and oxygen atoms in total. The summed E-state index contributed by atoms with van der Waals surface area (Å²) in [6.45, 7) is 2.63. The van der Waals surface area contributed by atoms with Gasteiger partial charge in [-0.25, -0.2) is 0 Å². The van der Waals surface area contributed by atoms with Gasteiger partial charge in [-0.3, -0.25) is 0 Å². The molecule has 1 aliphatic rings. The SMILES string of the molecule is CSCCCNCC1CCCCC1CO. The van der Waals surface area contributed by atoms with Crippen LogP contribution in [0.1, 0.15) is 32.1 Å². The number of hydrogen-bond donors (Lipinski definition) is 2. The van der Waals surface area contributed by atoms with Crippen LogP contribution in [0.25, 0.3) is 0 Å². The van der Waals surface area contributed by atoms with Crippen LogP contribution in [-0.2, 0) is 0 Å². The minimum absolute atomic E-state index is 0.386. The lowest BCUT2D eigenvalue weighted by atomic mass is 9.79. The molecule has 3 heteroatoms. The van der Waals surface area contributed by atoms with Gasteiger partial charge in [0.2, 0.25) is 0 Å². The second-order valence-electron chi connectivity index (χ2n) is 4.54. The van der Waals surface area contributed by atoms with Gasteiger partial charge in [0, 0.05) is 6.61 Å². The van der Waals surface area contributed by atoms with Gasteiger partial charge in [-0.05, 0) is 56.2 Å². The highest BCUT2D eigenvalue weighted by Crippen LogP contribution is 2.28. The molecule has 0 spiro atoms. The van der Waals surface area contributed by atoms with Crippen molar-refractivity contribution in [1.29, 1.82) is 0 Å². The third kappa shape index (κ3) is 5.23. The Morgan fingerprint density at radius 1 is 1.27 bits per heavy atom. The molecule has 0 heterocycles. The van der Waals surface area contributed by atoms with Crippen molar-refractivity contribution in [2.24, 2.45) is 11.8 Å². The van der Waals surface area contributed by atoms with E-state index in [0.717, 1.165) is 19.0 Å². The summed E-state index contributed by atoms with van der Waals surface area (Å²) in [5.41, 5.74) is 0. The number of aliphatic hydroxyl groups excluding tert-OH is 1. The molecule has 15 heavy (non-hydrogen) atoms. The van der Waals surface area contributed by atoms with E-state index in [4.69, 9.17) is 0 Å². The summed E-state index contributed by atoms with van der Waals surface area (Å²) in [5.74, 6) is 2.53. The second kappa shape index (κ2) is 8.43. The van der Waals surface area contributed by atoms with Gasteiger partial charge in [-0.1, -0.05) is 12.8 Å². The number of rotatable bonds is 7. The number of nitrogens with one attached hydrogen (secondary N) is 1. The summed E-state index contributed by atoms with van der Waals surface area (Å²) in [6.07, 6.45) is 8.62. The van der Waals surface area contributed by atoms with Crippen LogP contribution in [0.4, 0.5) is 0 Å². The first-order chi connectivity index (χ1) is 7.38. The fraction of sp³-hybridized carbons (Fsp3) is 1.00. The van der Waals surface area contributed by atoms with Gasteiger partial charge in [0.05, 0.1) is 0 Å². The molecule has 1 aliphatic carbocycles. The van der Waals surface area contributed by atoms with E-state index in [1.54, 1.807) is 0 Å². The van der Waals surface area contributed by atoms with Gasteiger partial charge in [-0.2, -0.15) is 11.8 Å². The van der Waals surface area contributed by atoms with E-state index in [2.05, 4.69) is 11.6 Å². The van der Waals surface area contributed by atoms with Gasteiger partial charge in [0.15, 0.2) is 0 Å². The van der Waals surface area contributed by atoms with Crippen molar-refractivity contribution in [3.8, 4) is 0 Å². The molecule has 0 saturated heterocycles. The Kier molecular flexibility index (Phi) is 7.49. The van der Waals surface area contributed by atoms with E-state index >= 15 is 0 Å². The van der Waals surface area contributed by atoms with E-state index in [1.807, 2.05) is 11.8 Å². The Morgan fingerprint density at radius 2 is 2.00 bits per heavy atom. The molecule has 0 aromatic rings. The smallest absolute Gasteiger partial charge is 0.0462 e. The van der Waals surface area contributed by atoms with E-state index in [9.17, 15) is 5.11 Å². The maximum absolute atomic E-state index is 9.27. The van der Waals surface area contributed by atoms with E-state index in [0.29, 0.717) is 12.5 Å². The van der Waals surface area contributed by atoms with Crippen molar-refractivity contribution in [3.05, 3.63) is 0 Å². The highest BCUT2D eigenvalue weighted by Gasteiger charge is 2.23. The number of aliphatic hydroxyl groups is 1. The van der Waals surface area contributed by atoms with Crippen LogP contribution in [-0.4, -0.2) is 36.8 Å². The third-order valence-electron chi connectivity index (χ3n) is 3.41. The summed E-state index contributed by atoms with van der Waals surface area (Å²) < 4.78 is 0. The molecule has 0 radical (unpaired) electrons. The molecule has 2 unspecified atom stereocenters. The molecule has 1 fully saturated rings. The van der Waals surface area contributed by atoms with Crippen LogP contribution in [0.2, 0.25) is 0 Å².